The average molecular weight is 408 g/mol. The van der Waals surface area contributed by atoms with Crippen LogP contribution in [0.1, 0.15) is 25.7 Å². The van der Waals surface area contributed by atoms with Crippen molar-refractivity contribution in [1.82, 2.24) is 24.6 Å². The lowest BCUT2D eigenvalue weighted by Gasteiger charge is -2.27. The van der Waals surface area contributed by atoms with Crippen LogP contribution in [0.25, 0.3) is 28.2 Å². The van der Waals surface area contributed by atoms with Gasteiger partial charge in [0, 0.05) is 40.6 Å². The number of nitrogens with two attached hydrogens (primary N) is 1. The van der Waals surface area contributed by atoms with E-state index in [1.54, 1.807) is 6.20 Å². The predicted octanol–water partition coefficient (Wildman–Crippen LogP) is 4.12. The maximum Gasteiger partial charge on any atom is 0.181 e. The zero-order chi connectivity index (χ0) is 19.8. The highest BCUT2D eigenvalue weighted by Crippen LogP contribution is 2.29. The molecule has 4 N–H and O–H groups in total. The Hall–Kier alpha value is -2.90. The lowest BCUT2D eigenvalue weighted by molar-refractivity contribution is 0.410. The Morgan fingerprint density at radius 1 is 1.07 bits per heavy atom. The van der Waals surface area contributed by atoms with Crippen LogP contribution in [0.15, 0.2) is 49.1 Å². The van der Waals surface area contributed by atoms with Gasteiger partial charge in [0.05, 0.1) is 23.8 Å². The van der Waals surface area contributed by atoms with E-state index in [0.29, 0.717) is 17.1 Å². The van der Waals surface area contributed by atoms with E-state index in [9.17, 15) is 0 Å². The van der Waals surface area contributed by atoms with E-state index >= 15 is 0 Å². The molecule has 148 valence electrons. The Morgan fingerprint density at radius 2 is 1.86 bits per heavy atom. The van der Waals surface area contributed by atoms with Crippen LogP contribution in [0.2, 0.25) is 5.02 Å². The Kier molecular flexibility index (Phi) is 4.69. The fraction of sp³-hybridized carbons (Fsp3) is 0.286. The number of aromatic amines is 1. The van der Waals surface area contributed by atoms with Gasteiger partial charge in [0.2, 0.25) is 0 Å². The SMILES string of the molecule is N[C@H]1CC[C@H](Nc2ncc(-c3cn[nH]c3)n3cc(-c4ccc(Cl)cc4)nc23)CC1. The second-order valence-corrected chi connectivity index (χ2v) is 8.00. The molecule has 0 saturated heterocycles. The molecule has 1 aromatic carbocycles. The highest BCUT2D eigenvalue weighted by atomic mass is 35.5. The Balaban J connectivity index is 1.58. The standard InChI is InChI=1S/C21H22ClN7/c22-15-3-1-13(2-4-15)18-12-29-19(14-9-25-26-10-14)11-24-20(21(29)28-18)27-17-7-5-16(23)6-8-17/h1-4,9-12,16-17H,5-8,23H2,(H,24,27)(H,25,26)/t16-,17-. The molecule has 0 radical (unpaired) electrons. The van der Waals surface area contributed by atoms with Gasteiger partial charge in [-0.3, -0.25) is 9.50 Å². The van der Waals surface area contributed by atoms with Gasteiger partial charge in [-0.25, -0.2) is 9.97 Å². The summed E-state index contributed by atoms with van der Waals surface area (Å²) >= 11 is 6.05. The largest absolute Gasteiger partial charge is 0.364 e. The lowest BCUT2D eigenvalue weighted by Crippen LogP contribution is -2.33. The number of aromatic nitrogens is 5. The first-order valence-corrected chi connectivity index (χ1v) is 10.2. The second-order valence-electron chi connectivity index (χ2n) is 7.56. The highest BCUT2D eigenvalue weighted by molar-refractivity contribution is 6.30. The van der Waals surface area contributed by atoms with Gasteiger partial charge in [-0.1, -0.05) is 23.7 Å². The first kappa shape index (κ1) is 18.1. The third-order valence-corrected chi connectivity index (χ3v) is 5.79. The van der Waals surface area contributed by atoms with E-state index in [2.05, 4.69) is 19.9 Å². The van der Waals surface area contributed by atoms with Crippen molar-refractivity contribution in [2.45, 2.75) is 37.8 Å². The zero-order valence-corrected chi connectivity index (χ0v) is 16.6. The molecule has 0 amide bonds. The molecule has 0 atom stereocenters. The second kappa shape index (κ2) is 7.50. The molecule has 1 saturated carbocycles. The number of nitrogens with one attached hydrogen (secondary N) is 2. The van der Waals surface area contributed by atoms with E-state index in [4.69, 9.17) is 27.3 Å². The summed E-state index contributed by atoms with van der Waals surface area (Å²) < 4.78 is 2.07. The van der Waals surface area contributed by atoms with Gasteiger partial charge in [-0.15, -0.1) is 0 Å². The first-order valence-electron chi connectivity index (χ1n) is 9.82. The molecule has 8 heteroatoms. The van der Waals surface area contributed by atoms with E-state index in [0.717, 1.165) is 59.7 Å². The molecule has 0 bridgehead atoms. The van der Waals surface area contributed by atoms with Crippen molar-refractivity contribution in [3.63, 3.8) is 0 Å². The quantitative estimate of drug-likeness (QED) is 0.472. The number of hydrogen-bond acceptors (Lipinski definition) is 5. The fourth-order valence-electron chi connectivity index (χ4n) is 3.90. The number of halogens is 1. The van der Waals surface area contributed by atoms with E-state index in [-0.39, 0.29) is 0 Å². The summed E-state index contributed by atoms with van der Waals surface area (Å²) in [7, 11) is 0. The summed E-state index contributed by atoms with van der Waals surface area (Å²) in [6, 6.07) is 8.38. The van der Waals surface area contributed by atoms with Crippen LogP contribution >= 0.6 is 11.6 Å². The van der Waals surface area contributed by atoms with Crippen molar-refractivity contribution in [2.75, 3.05) is 5.32 Å². The average Bonchev–Trinajstić information content (AvgIpc) is 3.41. The van der Waals surface area contributed by atoms with Gasteiger partial charge in [0.1, 0.15) is 0 Å². The van der Waals surface area contributed by atoms with Crippen LogP contribution in [-0.4, -0.2) is 36.6 Å². The van der Waals surface area contributed by atoms with Gasteiger partial charge < -0.3 is 11.1 Å². The molecule has 3 aromatic heterocycles. The van der Waals surface area contributed by atoms with Crippen LogP contribution < -0.4 is 11.1 Å². The number of fused-ring (bicyclic) bond motifs is 1. The minimum atomic E-state index is 0.312. The molecular weight excluding hydrogens is 386 g/mol. The lowest BCUT2D eigenvalue weighted by atomic mass is 9.92. The third kappa shape index (κ3) is 3.59. The molecule has 5 rings (SSSR count). The van der Waals surface area contributed by atoms with Crippen molar-refractivity contribution < 1.29 is 0 Å². The van der Waals surface area contributed by atoms with Crippen LogP contribution in [-0.2, 0) is 0 Å². The molecule has 1 aliphatic carbocycles. The molecule has 0 aliphatic heterocycles. The number of anilines is 1. The van der Waals surface area contributed by atoms with Crippen LogP contribution in [0.5, 0.6) is 0 Å². The van der Waals surface area contributed by atoms with E-state index < -0.39 is 0 Å². The summed E-state index contributed by atoms with van der Waals surface area (Å²) in [5, 5.41) is 11.2. The highest BCUT2D eigenvalue weighted by Gasteiger charge is 2.21. The third-order valence-electron chi connectivity index (χ3n) is 5.54. The molecular formula is C21H22ClN7. The number of nitrogens with zero attached hydrogens (tertiary/aromatic N) is 4. The number of imidazole rings is 1. The van der Waals surface area contributed by atoms with Crippen LogP contribution in [0.4, 0.5) is 5.82 Å². The summed E-state index contributed by atoms with van der Waals surface area (Å²) in [4.78, 5) is 9.61. The summed E-state index contributed by atoms with van der Waals surface area (Å²) in [6.07, 6.45) is 11.7. The summed E-state index contributed by atoms with van der Waals surface area (Å²) in [5.41, 5.74) is 10.6. The predicted molar refractivity (Wildman–Crippen MR) is 115 cm³/mol. The van der Waals surface area contributed by atoms with Gasteiger partial charge in [0.25, 0.3) is 0 Å². The first-order chi connectivity index (χ1) is 14.2. The van der Waals surface area contributed by atoms with Gasteiger partial charge in [-0.05, 0) is 37.8 Å². The fourth-order valence-corrected chi connectivity index (χ4v) is 4.03. The maximum absolute atomic E-state index is 6.06. The van der Waals surface area contributed by atoms with E-state index in [1.807, 2.05) is 42.9 Å². The summed E-state index contributed by atoms with van der Waals surface area (Å²) in [5.74, 6) is 0.790. The molecule has 4 aromatic rings. The minimum absolute atomic E-state index is 0.312. The van der Waals surface area contributed by atoms with Crippen molar-refractivity contribution in [3.05, 3.63) is 54.1 Å². The smallest absolute Gasteiger partial charge is 0.181 e. The van der Waals surface area contributed by atoms with Gasteiger partial charge in [0.15, 0.2) is 11.5 Å². The zero-order valence-electron chi connectivity index (χ0n) is 15.8. The molecule has 29 heavy (non-hydrogen) atoms. The number of hydrogen-bond donors (Lipinski definition) is 3. The monoisotopic (exact) mass is 407 g/mol. The van der Waals surface area contributed by atoms with Gasteiger partial charge in [-0.2, -0.15) is 5.10 Å². The normalized spacial score (nSPS) is 19.5. The van der Waals surface area contributed by atoms with E-state index in [1.165, 1.54) is 0 Å². The molecule has 1 aliphatic rings. The number of rotatable bonds is 4. The van der Waals surface area contributed by atoms with Crippen LogP contribution in [0.3, 0.4) is 0 Å². The van der Waals surface area contributed by atoms with Crippen molar-refractivity contribution in [3.8, 4) is 22.5 Å². The Labute approximate surface area is 173 Å². The molecule has 0 spiro atoms. The topological polar surface area (TPSA) is 96.9 Å². The minimum Gasteiger partial charge on any atom is -0.364 e. The molecule has 7 nitrogen and oxygen atoms in total. The Bertz CT molecular complexity index is 1110. The maximum atomic E-state index is 6.06. The van der Waals surface area contributed by atoms with Crippen LogP contribution in [0, 0.1) is 0 Å². The number of H-pyrrole nitrogens is 1. The van der Waals surface area contributed by atoms with Crippen molar-refractivity contribution in [1.29, 1.82) is 0 Å². The summed E-state index contributed by atoms with van der Waals surface area (Å²) in [6.45, 7) is 0. The van der Waals surface area contributed by atoms with Gasteiger partial charge >= 0.3 is 0 Å². The Morgan fingerprint density at radius 3 is 2.59 bits per heavy atom. The van der Waals surface area contributed by atoms with Crippen molar-refractivity contribution in [2.24, 2.45) is 5.73 Å². The number of benzene rings is 1. The molecule has 1 fully saturated rings. The van der Waals surface area contributed by atoms with Crippen molar-refractivity contribution >= 4 is 23.1 Å². The molecule has 3 heterocycles. The molecule has 0 unspecified atom stereocenters.